The maximum atomic E-state index is 12.9. The number of methoxy groups -OCH3 is 1. The van der Waals surface area contributed by atoms with Crippen molar-refractivity contribution in [2.24, 2.45) is 0 Å². The van der Waals surface area contributed by atoms with Gasteiger partial charge >= 0.3 is 6.09 Å². The number of allylic oxidation sites excluding steroid dienone is 1. The molecule has 0 bridgehead atoms. The lowest BCUT2D eigenvalue weighted by atomic mass is 9.76. The summed E-state index contributed by atoms with van der Waals surface area (Å²) in [6.45, 7) is 6.38. The van der Waals surface area contributed by atoms with E-state index >= 15 is 0 Å². The van der Waals surface area contributed by atoms with Crippen LogP contribution >= 0.6 is 0 Å². The van der Waals surface area contributed by atoms with Gasteiger partial charge < -0.3 is 14.8 Å². The van der Waals surface area contributed by atoms with Crippen LogP contribution in [0.5, 0.6) is 5.75 Å². The molecule has 4 rings (SSSR count). The van der Waals surface area contributed by atoms with E-state index in [0.29, 0.717) is 6.54 Å². The fourth-order valence-electron chi connectivity index (χ4n) is 4.61. The van der Waals surface area contributed by atoms with E-state index in [2.05, 4.69) is 35.7 Å². The number of amides is 1. The zero-order valence-corrected chi connectivity index (χ0v) is 18.1. The first-order chi connectivity index (χ1) is 14.3. The maximum Gasteiger partial charge on any atom is 0.411 e. The Kier molecular flexibility index (Phi) is 5.22. The lowest BCUT2D eigenvalue weighted by Gasteiger charge is -2.33. The van der Waals surface area contributed by atoms with Crippen molar-refractivity contribution in [2.75, 3.05) is 19.0 Å². The van der Waals surface area contributed by atoms with Crippen LogP contribution in [0.2, 0.25) is 0 Å². The van der Waals surface area contributed by atoms with Gasteiger partial charge in [-0.15, -0.1) is 0 Å². The molecule has 0 spiro atoms. The number of rotatable bonds is 4. The molecule has 0 unspecified atom stereocenters. The van der Waals surface area contributed by atoms with E-state index in [1.54, 1.807) is 7.11 Å². The van der Waals surface area contributed by atoms with E-state index in [1.165, 1.54) is 5.56 Å². The highest BCUT2D eigenvalue weighted by atomic mass is 16.6. The molecule has 2 atom stereocenters. The fraction of sp³-hybridized carbons (Fsp3) is 0.400. The first kappa shape index (κ1) is 20.3. The van der Waals surface area contributed by atoms with Gasteiger partial charge in [-0.05, 0) is 51.3 Å². The number of anilines is 1. The summed E-state index contributed by atoms with van der Waals surface area (Å²) in [5.41, 5.74) is 2.73. The Morgan fingerprint density at radius 1 is 1.20 bits per heavy atom. The smallest absolute Gasteiger partial charge is 0.411 e. The van der Waals surface area contributed by atoms with Crippen LogP contribution in [0.25, 0.3) is 6.08 Å². The largest absolute Gasteiger partial charge is 0.496 e. The summed E-state index contributed by atoms with van der Waals surface area (Å²) in [6, 6.07) is 16.4. The summed E-state index contributed by atoms with van der Waals surface area (Å²) in [5, 5.41) is 3.59. The van der Waals surface area contributed by atoms with Gasteiger partial charge in [-0.25, -0.2) is 4.79 Å². The minimum absolute atomic E-state index is 0.118. The molecule has 1 N–H and O–H groups in total. The molecule has 1 fully saturated rings. The number of hydrogen-bond donors (Lipinski definition) is 1. The van der Waals surface area contributed by atoms with E-state index < -0.39 is 5.60 Å². The van der Waals surface area contributed by atoms with Crippen molar-refractivity contribution in [1.82, 2.24) is 4.90 Å². The standard InChI is InChI=1S/C25H30N2O3/c1-24(2,3)30-23(28)27-17-16-25(19-12-6-7-13-20(19)26-22(25)27)15-9-11-18-10-5-8-14-21(18)29-4/h5-14,22,26H,15-17H2,1-4H3/b11-9+/t22-,25-/m0/s1. The summed E-state index contributed by atoms with van der Waals surface area (Å²) >= 11 is 0. The first-order valence-corrected chi connectivity index (χ1v) is 10.5. The SMILES string of the molecule is COc1ccccc1/C=C/C[C@@]12CCN(C(=O)OC(C)(C)C)[C@@H]1Nc1ccccc12. The molecule has 0 aliphatic carbocycles. The predicted molar refractivity (Wildman–Crippen MR) is 120 cm³/mol. The second kappa shape index (κ2) is 7.71. The van der Waals surface area contributed by atoms with Crippen molar-refractivity contribution in [3.63, 3.8) is 0 Å². The molecule has 2 aliphatic heterocycles. The number of fused-ring (bicyclic) bond motifs is 3. The Morgan fingerprint density at radius 3 is 2.70 bits per heavy atom. The molecular formula is C25H30N2O3. The van der Waals surface area contributed by atoms with Crippen molar-refractivity contribution >= 4 is 17.9 Å². The highest BCUT2D eigenvalue weighted by Crippen LogP contribution is 2.51. The lowest BCUT2D eigenvalue weighted by Crippen LogP contribution is -2.47. The van der Waals surface area contributed by atoms with Crippen molar-refractivity contribution in [3.05, 3.63) is 65.7 Å². The minimum atomic E-state index is -0.516. The number of likely N-dealkylation sites (tertiary alicyclic amines) is 1. The molecule has 0 aromatic heterocycles. The molecule has 2 aromatic carbocycles. The van der Waals surface area contributed by atoms with Crippen molar-refractivity contribution < 1.29 is 14.3 Å². The number of ether oxygens (including phenoxy) is 2. The second-order valence-corrected chi connectivity index (χ2v) is 9.02. The van der Waals surface area contributed by atoms with Gasteiger partial charge in [0, 0.05) is 23.2 Å². The summed E-state index contributed by atoms with van der Waals surface area (Å²) < 4.78 is 11.2. The molecule has 0 radical (unpaired) electrons. The van der Waals surface area contributed by atoms with Crippen LogP contribution < -0.4 is 10.1 Å². The maximum absolute atomic E-state index is 12.9. The van der Waals surface area contributed by atoms with Crippen LogP contribution in [0, 0.1) is 0 Å². The highest BCUT2D eigenvalue weighted by molar-refractivity contribution is 5.73. The topological polar surface area (TPSA) is 50.8 Å². The average molecular weight is 407 g/mol. The minimum Gasteiger partial charge on any atom is -0.496 e. The number of para-hydroxylation sites is 2. The van der Waals surface area contributed by atoms with Gasteiger partial charge in [0.1, 0.15) is 17.5 Å². The predicted octanol–water partition coefficient (Wildman–Crippen LogP) is 5.43. The van der Waals surface area contributed by atoms with Crippen molar-refractivity contribution in [2.45, 2.75) is 50.8 Å². The Morgan fingerprint density at radius 2 is 1.93 bits per heavy atom. The molecule has 5 nitrogen and oxygen atoms in total. The van der Waals surface area contributed by atoms with Crippen molar-refractivity contribution in [3.8, 4) is 5.75 Å². The van der Waals surface area contributed by atoms with Crippen LogP contribution in [-0.4, -0.2) is 36.4 Å². The molecule has 158 valence electrons. The molecule has 2 aliphatic rings. The van der Waals surface area contributed by atoms with Gasteiger partial charge in [0.2, 0.25) is 0 Å². The number of benzene rings is 2. The van der Waals surface area contributed by atoms with Gasteiger partial charge in [-0.3, -0.25) is 4.90 Å². The molecule has 1 saturated heterocycles. The van der Waals surface area contributed by atoms with E-state index in [1.807, 2.05) is 56.0 Å². The molecule has 2 aromatic rings. The van der Waals surface area contributed by atoms with Gasteiger partial charge in [-0.1, -0.05) is 48.6 Å². The van der Waals surface area contributed by atoms with Crippen molar-refractivity contribution in [1.29, 1.82) is 0 Å². The monoisotopic (exact) mass is 406 g/mol. The summed E-state index contributed by atoms with van der Waals surface area (Å²) in [5.74, 6) is 0.856. The summed E-state index contributed by atoms with van der Waals surface area (Å²) in [6.07, 6.45) is 5.64. The third-order valence-electron chi connectivity index (χ3n) is 5.94. The van der Waals surface area contributed by atoms with Gasteiger partial charge in [0.25, 0.3) is 0 Å². The number of hydrogen-bond acceptors (Lipinski definition) is 4. The van der Waals surface area contributed by atoms with E-state index in [-0.39, 0.29) is 17.7 Å². The Bertz CT molecular complexity index is 963. The van der Waals surface area contributed by atoms with Gasteiger partial charge in [-0.2, -0.15) is 0 Å². The van der Waals surface area contributed by atoms with Crippen LogP contribution in [0.3, 0.4) is 0 Å². The number of carbonyl (C=O) groups excluding carboxylic acids is 1. The third-order valence-corrected chi connectivity index (χ3v) is 5.94. The van der Waals surface area contributed by atoms with E-state index in [9.17, 15) is 4.79 Å². The zero-order valence-electron chi connectivity index (χ0n) is 18.1. The Balaban J connectivity index is 1.63. The summed E-state index contributed by atoms with van der Waals surface area (Å²) in [4.78, 5) is 14.8. The molecular weight excluding hydrogens is 376 g/mol. The van der Waals surface area contributed by atoms with Crippen LogP contribution in [0.4, 0.5) is 10.5 Å². The number of nitrogens with zero attached hydrogens (tertiary/aromatic N) is 1. The number of carbonyl (C=O) groups is 1. The first-order valence-electron chi connectivity index (χ1n) is 10.5. The van der Waals surface area contributed by atoms with Gasteiger partial charge in [0.05, 0.1) is 7.11 Å². The second-order valence-electron chi connectivity index (χ2n) is 9.02. The molecule has 2 heterocycles. The Labute approximate surface area is 178 Å². The fourth-order valence-corrected chi connectivity index (χ4v) is 4.61. The number of nitrogens with one attached hydrogen (secondary N) is 1. The molecule has 30 heavy (non-hydrogen) atoms. The molecule has 0 saturated carbocycles. The summed E-state index contributed by atoms with van der Waals surface area (Å²) in [7, 11) is 1.69. The zero-order chi connectivity index (χ0) is 21.4. The van der Waals surface area contributed by atoms with Crippen LogP contribution in [0.1, 0.15) is 44.7 Å². The van der Waals surface area contributed by atoms with Crippen LogP contribution in [0.15, 0.2) is 54.6 Å². The normalized spacial score (nSPS) is 22.5. The average Bonchev–Trinajstić information content (AvgIpc) is 3.21. The highest BCUT2D eigenvalue weighted by Gasteiger charge is 2.55. The lowest BCUT2D eigenvalue weighted by molar-refractivity contribution is 0.0226. The quantitative estimate of drug-likeness (QED) is 0.736. The Hall–Kier alpha value is -2.95. The molecule has 5 heteroatoms. The van der Waals surface area contributed by atoms with Crippen LogP contribution in [-0.2, 0) is 10.2 Å². The molecule has 1 amide bonds. The van der Waals surface area contributed by atoms with Gasteiger partial charge in [0.15, 0.2) is 0 Å². The van der Waals surface area contributed by atoms with E-state index in [4.69, 9.17) is 9.47 Å². The third kappa shape index (κ3) is 3.64. The van der Waals surface area contributed by atoms with E-state index in [0.717, 1.165) is 29.8 Å².